The van der Waals surface area contributed by atoms with Gasteiger partial charge in [-0.25, -0.2) is 0 Å². The first kappa shape index (κ1) is 19.7. The van der Waals surface area contributed by atoms with Crippen molar-refractivity contribution in [3.63, 3.8) is 0 Å². The predicted octanol–water partition coefficient (Wildman–Crippen LogP) is 2.90. The highest BCUT2D eigenvalue weighted by Crippen LogP contribution is 2.32. The van der Waals surface area contributed by atoms with E-state index in [1.54, 1.807) is 0 Å². The van der Waals surface area contributed by atoms with Gasteiger partial charge in [-0.15, -0.1) is 0 Å². The number of aliphatic hydroxyl groups is 1. The maximum Gasteiger partial charge on any atom is 0.255 e. The van der Waals surface area contributed by atoms with Gasteiger partial charge in [-0.3, -0.25) is 9.69 Å². The molecule has 0 saturated heterocycles. The molecule has 4 rings (SSSR count). The lowest BCUT2D eigenvalue weighted by atomic mass is 9.96. The van der Waals surface area contributed by atoms with Crippen molar-refractivity contribution in [2.75, 3.05) is 43.5 Å². The van der Waals surface area contributed by atoms with E-state index in [9.17, 15) is 9.90 Å². The summed E-state index contributed by atoms with van der Waals surface area (Å²) in [4.78, 5) is 17.3. The number of carbonyl (C=O) groups is 1. The molecule has 1 amide bonds. The first-order chi connectivity index (χ1) is 13.8. The molecular weight excluding hydrogens is 366 g/mol. The molecule has 0 spiro atoms. The number of nitrogens with zero attached hydrogens (tertiary/aromatic N) is 2. The molecular formula is C23H29N3O3. The number of nitrogens with one attached hydrogen (secondary N) is 1. The molecule has 0 bridgehead atoms. The van der Waals surface area contributed by atoms with Crippen LogP contribution in [-0.4, -0.2) is 54.8 Å². The molecule has 2 aliphatic heterocycles. The van der Waals surface area contributed by atoms with E-state index < -0.39 is 5.60 Å². The van der Waals surface area contributed by atoms with Crippen molar-refractivity contribution in [3.8, 4) is 5.75 Å². The summed E-state index contributed by atoms with van der Waals surface area (Å²) in [6.45, 7) is 7.42. The maximum atomic E-state index is 12.9. The Hall–Kier alpha value is -2.57. The summed E-state index contributed by atoms with van der Waals surface area (Å²) in [7, 11) is 2.01. The number of carbonyl (C=O) groups excluding carboxylic acids is 1. The van der Waals surface area contributed by atoms with Crippen molar-refractivity contribution in [2.45, 2.75) is 32.4 Å². The van der Waals surface area contributed by atoms with Gasteiger partial charge in [-0.2, -0.15) is 0 Å². The van der Waals surface area contributed by atoms with Gasteiger partial charge >= 0.3 is 0 Å². The van der Waals surface area contributed by atoms with Crippen molar-refractivity contribution in [3.05, 3.63) is 53.1 Å². The van der Waals surface area contributed by atoms with Gasteiger partial charge in [0.1, 0.15) is 12.4 Å². The molecule has 0 aliphatic carbocycles. The molecule has 0 atom stereocenters. The molecule has 154 valence electrons. The van der Waals surface area contributed by atoms with Gasteiger partial charge in [0.05, 0.1) is 17.8 Å². The Morgan fingerprint density at radius 3 is 2.86 bits per heavy atom. The van der Waals surface area contributed by atoms with Crippen LogP contribution >= 0.6 is 0 Å². The lowest BCUT2D eigenvalue weighted by Crippen LogP contribution is -2.41. The lowest BCUT2D eigenvalue weighted by Gasteiger charge is -2.33. The van der Waals surface area contributed by atoms with Crippen molar-refractivity contribution in [2.24, 2.45) is 0 Å². The van der Waals surface area contributed by atoms with E-state index in [-0.39, 0.29) is 5.91 Å². The van der Waals surface area contributed by atoms with E-state index >= 15 is 0 Å². The topological polar surface area (TPSA) is 65.0 Å². The van der Waals surface area contributed by atoms with E-state index in [4.69, 9.17) is 4.74 Å². The van der Waals surface area contributed by atoms with Crippen LogP contribution < -0.4 is 15.0 Å². The van der Waals surface area contributed by atoms with E-state index in [2.05, 4.69) is 21.2 Å². The van der Waals surface area contributed by atoms with Gasteiger partial charge in [0.25, 0.3) is 5.91 Å². The van der Waals surface area contributed by atoms with Crippen LogP contribution in [0.1, 0.15) is 35.3 Å². The van der Waals surface area contributed by atoms with E-state index in [0.717, 1.165) is 43.2 Å². The highest BCUT2D eigenvalue weighted by atomic mass is 16.5. The first-order valence-electron chi connectivity index (χ1n) is 10.1. The van der Waals surface area contributed by atoms with Gasteiger partial charge in [-0.1, -0.05) is 12.1 Å². The van der Waals surface area contributed by atoms with Gasteiger partial charge in [0, 0.05) is 37.9 Å². The van der Waals surface area contributed by atoms with E-state index in [0.29, 0.717) is 18.7 Å². The number of likely N-dealkylation sites (N-methyl/N-ethyl adjacent to an activating group) is 1. The summed E-state index contributed by atoms with van der Waals surface area (Å²) in [5.74, 6) is 0.707. The molecule has 2 N–H and O–H groups in total. The zero-order chi connectivity index (χ0) is 20.6. The maximum absolute atomic E-state index is 12.9. The standard InChI is InChI=1S/C23H29N3O3/c1-23(2,28)15-26-10-9-18-17(14-26)5-4-6-19(18)24-22(27)16-7-8-21-20(13-16)25(3)11-12-29-21/h4-8,13,28H,9-12,14-15H2,1-3H3,(H,24,27). The zero-order valence-corrected chi connectivity index (χ0v) is 17.4. The number of ether oxygens (including phenoxy) is 1. The third kappa shape index (κ3) is 4.38. The number of anilines is 2. The summed E-state index contributed by atoms with van der Waals surface area (Å²) in [6, 6.07) is 11.6. The number of hydrogen-bond donors (Lipinski definition) is 2. The number of fused-ring (bicyclic) bond motifs is 2. The minimum absolute atomic E-state index is 0.112. The SMILES string of the molecule is CN1CCOc2ccc(C(=O)Nc3cccc4c3CCN(CC(C)(C)O)C4)cc21. The molecule has 0 saturated carbocycles. The lowest BCUT2D eigenvalue weighted by molar-refractivity contribution is 0.0318. The minimum atomic E-state index is -0.716. The van der Waals surface area contributed by atoms with Crippen LogP contribution in [0.15, 0.2) is 36.4 Å². The Balaban J connectivity index is 1.52. The molecule has 0 fully saturated rings. The van der Waals surface area contributed by atoms with Crippen molar-refractivity contribution >= 4 is 17.3 Å². The third-order valence-electron chi connectivity index (χ3n) is 5.52. The van der Waals surface area contributed by atoms with Crippen molar-refractivity contribution in [1.82, 2.24) is 4.90 Å². The second kappa shape index (κ2) is 7.69. The van der Waals surface area contributed by atoms with Crippen LogP contribution in [0.4, 0.5) is 11.4 Å². The minimum Gasteiger partial charge on any atom is -0.490 e. The fourth-order valence-electron chi connectivity index (χ4n) is 4.15. The molecule has 0 unspecified atom stereocenters. The van der Waals surface area contributed by atoms with Gasteiger partial charge < -0.3 is 20.1 Å². The van der Waals surface area contributed by atoms with Gasteiger partial charge in [-0.05, 0) is 55.7 Å². The molecule has 0 aromatic heterocycles. The van der Waals surface area contributed by atoms with Crippen LogP contribution in [-0.2, 0) is 13.0 Å². The number of hydrogen-bond acceptors (Lipinski definition) is 5. The van der Waals surface area contributed by atoms with Crippen LogP contribution in [0.3, 0.4) is 0 Å². The van der Waals surface area contributed by atoms with Crippen LogP contribution in [0, 0.1) is 0 Å². The quantitative estimate of drug-likeness (QED) is 0.833. The zero-order valence-electron chi connectivity index (χ0n) is 17.4. The van der Waals surface area contributed by atoms with Crippen molar-refractivity contribution in [1.29, 1.82) is 0 Å². The largest absolute Gasteiger partial charge is 0.490 e. The fourth-order valence-corrected chi connectivity index (χ4v) is 4.15. The Morgan fingerprint density at radius 2 is 2.07 bits per heavy atom. The predicted molar refractivity (Wildman–Crippen MR) is 115 cm³/mol. The second-order valence-electron chi connectivity index (χ2n) is 8.62. The smallest absolute Gasteiger partial charge is 0.255 e. The average Bonchev–Trinajstić information content (AvgIpc) is 2.67. The molecule has 29 heavy (non-hydrogen) atoms. The molecule has 6 nitrogen and oxygen atoms in total. The number of β-amino-alcohol motifs (C(OH)–C–C–N with tert-alkyl or cyclic N) is 1. The Kier molecular flexibility index (Phi) is 5.23. The molecule has 2 heterocycles. The van der Waals surface area contributed by atoms with Crippen LogP contribution in [0.2, 0.25) is 0 Å². The Labute approximate surface area is 172 Å². The molecule has 2 aromatic rings. The first-order valence-corrected chi connectivity index (χ1v) is 10.1. The van der Waals surface area contributed by atoms with Gasteiger partial charge in [0.15, 0.2) is 0 Å². The Morgan fingerprint density at radius 1 is 1.24 bits per heavy atom. The van der Waals surface area contributed by atoms with Crippen LogP contribution in [0.25, 0.3) is 0 Å². The summed E-state index contributed by atoms with van der Waals surface area (Å²) in [5.41, 5.74) is 4.12. The fraction of sp³-hybridized carbons (Fsp3) is 0.435. The van der Waals surface area contributed by atoms with Gasteiger partial charge in [0.2, 0.25) is 0 Å². The van der Waals surface area contributed by atoms with E-state index in [1.165, 1.54) is 11.1 Å². The molecule has 2 aliphatic rings. The van der Waals surface area contributed by atoms with Crippen LogP contribution in [0.5, 0.6) is 5.75 Å². The number of benzene rings is 2. The molecule has 0 radical (unpaired) electrons. The number of rotatable bonds is 4. The summed E-state index contributed by atoms with van der Waals surface area (Å²) in [6.07, 6.45) is 0.850. The highest BCUT2D eigenvalue weighted by molar-refractivity contribution is 6.05. The summed E-state index contributed by atoms with van der Waals surface area (Å²) in [5, 5.41) is 13.2. The number of amides is 1. The van der Waals surface area contributed by atoms with E-state index in [1.807, 2.05) is 51.2 Å². The third-order valence-corrected chi connectivity index (χ3v) is 5.52. The normalized spacial score (nSPS) is 16.6. The Bertz CT molecular complexity index is 920. The average molecular weight is 396 g/mol. The second-order valence-corrected chi connectivity index (χ2v) is 8.62. The summed E-state index contributed by atoms with van der Waals surface area (Å²) >= 11 is 0. The molecule has 6 heteroatoms. The van der Waals surface area contributed by atoms with Crippen molar-refractivity contribution < 1.29 is 14.6 Å². The highest BCUT2D eigenvalue weighted by Gasteiger charge is 2.24. The molecule has 2 aromatic carbocycles. The monoisotopic (exact) mass is 395 g/mol. The summed E-state index contributed by atoms with van der Waals surface area (Å²) < 4.78 is 5.67.